The molecule has 41 heavy (non-hydrogen) atoms. The van der Waals surface area contributed by atoms with Crippen molar-refractivity contribution < 1.29 is 0 Å². The molecule has 0 spiro atoms. The Labute approximate surface area is 245 Å². The van der Waals surface area contributed by atoms with Gasteiger partial charge >= 0.3 is 0 Å². The monoisotopic (exact) mass is 556 g/mol. The van der Waals surface area contributed by atoms with Crippen molar-refractivity contribution in [1.82, 2.24) is 0 Å². The van der Waals surface area contributed by atoms with Crippen LogP contribution in [-0.2, 0) is 6.54 Å². The van der Waals surface area contributed by atoms with Crippen LogP contribution in [0.2, 0.25) is 0 Å². The molecule has 5 aromatic carbocycles. The third kappa shape index (κ3) is 5.60. The molecule has 0 fully saturated rings. The Morgan fingerprint density at radius 2 is 1.05 bits per heavy atom. The van der Waals surface area contributed by atoms with E-state index in [9.17, 15) is 0 Å². The average Bonchev–Trinajstić information content (AvgIpc) is 3.02. The van der Waals surface area contributed by atoms with Gasteiger partial charge in [0.15, 0.2) is 0 Å². The lowest BCUT2D eigenvalue weighted by Gasteiger charge is -2.33. The van der Waals surface area contributed by atoms with Gasteiger partial charge in [-0.3, -0.25) is 0 Å². The predicted octanol–water partition coefficient (Wildman–Crippen LogP) is 7.39. The molecule has 0 aromatic heterocycles. The first-order chi connectivity index (χ1) is 20.1. The molecule has 1 aliphatic rings. The van der Waals surface area contributed by atoms with Gasteiger partial charge in [0, 0.05) is 35.7 Å². The smallest absolute Gasteiger partial charge is 0.112 e. The fourth-order valence-corrected chi connectivity index (χ4v) is 10.8. The fraction of sp³-hybridized carbons (Fsp3) is 0.189. The van der Waals surface area contributed by atoms with E-state index in [0.29, 0.717) is 0 Å². The van der Waals surface area contributed by atoms with Crippen molar-refractivity contribution in [3.8, 4) is 11.1 Å². The molecule has 0 radical (unpaired) electrons. The van der Waals surface area contributed by atoms with Crippen LogP contribution in [0.4, 0.5) is 17.1 Å². The highest BCUT2D eigenvalue weighted by molar-refractivity contribution is 7.95. The summed E-state index contributed by atoms with van der Waals surface area (Å²) < 4.78 is 0. The number of hydrogen-bond donors (Lipinski definition) is 2. The van der Waals surface area contributed by atoms with Gasteiger partial charge in [-0.05, 0) is 91.1 Å². The molecule has 0 saturated carbocycles. The molecule has 0 unspecified atom stereocenters. The molecule has 4 heteroatoms. The lowest BCUT2D eigenvalue weighted by Crippen LogP contribution is -2.33. The minimum absolute atomic E-state index is 0.815. The number of nitrogen functional groups attached to an aromatic ring is 2. The van der Waals surface area contributed by atoms with E-state index in [0.717, 1.165) is 30.9 Å². The van der Waals surface area contributed by atoms with E-state index in [1.54, 1.807) is 0 Å². The summed E-state index contributed by atoms with van der Waals surface area (Å²) in [5.41, 5.74) is 19.1. The van der Waals surface area contributed by atoms with E-state index in [-0.39, 0.29) is 0 Å². The first-order valence-corrected chi connectivity index (χ1v) is 16.7. The normalized spacial score (nSPS) is 12.5. The lowest BCUT2D eigenvalue weighted by molar-refractivity contribution is 0.642. The van der Waals surface area contributed by atoms with E-state index >= 15 is 0 Å². The zero-order valence-electron chi connectivity index (χ0n) is 23.6. The number of hydrogen-bond acceptors (Lipinski definition) is 3. The zero-order valence-corrected chi connectivity index (χ0v) is 24.5. The van der Waals surface area contributed by atoms with Crippen molar-refractivity contribution in [3.05, 3.63) is 133 Å². The first-order valence-electron chi connectivity index (χ1n) is 14.7. The zero-order chi connectivity index (χ0) is 28.1. The topological polar surface area (TPSA) is 55.3 Å². The summed E-state index contributed by atoms with van der Waals surface area (Å²) in [6.45, 7) is 1.89. The number of unbranched alkanes of at least 4 members (excludes halogenated alkanes) is 3. The van der Waals surface area contributed by atoms with Crippen LogP contribution in [0.1, 0.15) is 31.2 Å². The van der Waals surface area contributed by atoms with Gasteiger partial charge in [0.1, 0.15) is 23.2 Å². The molecule has 3 nitrogen and oxygen atoms in total. The van der Waals surface area contributed by atoms with Crippen molar-refractivity contribution in [1.29, 1.82) is 0 Å². The van der Waals surface area contributed by atoms with Crippen LogP contribution in [-0.4, -0.2) is 12.7 Å². The van der Waals surface area contributed by atoms with Gasteiger partial charge in [-0.15, -0.1) is 0 Å². The second-order valence-electron chi connectivity index (χ2n) is 11.1. The van der Waals surface area contributed by atoms with Gasteiger partial charge in [0.05, 0.1) is 6.16 Å². The minimum Gasteiger partial charge on any atom is -0.399 e. The largest absolute Gasteiger partial charge is 0.399 e. The summed E-state index contributed by atoms with van der Waals surface area (Å²) in [7, 11) is -1.75. The average molecular weight is 557 g/mol. The van der Waals surface area contributed by atoms with Crippen molar-refractivity contribution in [2.45, 2.75) is 32.2 Å². The van der Waals surface area contributed by atoms with Crippen LogP contribution in [0.3, 0.4) is 0 Å². The van der Waals surface area contributed by atoms with Gasteiger partial charge in [0.25, 0.3) is 0 Å². The Bertz CT molecular complexity index is 1490. The van der Waals surface area contributed by atoms with Gasteiger partial charge in [-0.25, -0.2) is 0 Å². The third-order valence-corrected chi connectivity index (χ3v) is 12.9. The molecule has 0 saturated heterocycles. The molecule has 0 atom stereocenters. The van der Waals surface area contributed by atoms with Crippen molar-refractivity contribution >= 4 is 40.2 Å². The molecule has 4 N–H and O–H groups in total. The summed E-state index contributed by atoms with van der Waals surface area (Å²) in [6.07, 6.45) is 5.96. The number of nitrogens with zero attached hydrogens (tertiary/aromatic N) is 1. The number of fused-ring (bicyclic) bond motifs is 3. The Kier molecular flexibility index (Phi) is 8.07. The fourth-order valence-electron chi connectivity index (χ4n) is 6.42. The summed E-state index contributed by atoms with van der Waals surface area (Å²) in [6, 6.07) is 46.2. The second-order valence-corrected chi connectivity index (χ2v) is 14.7. The van der Waals surface area contributed by atoms with E-state index < -0.39 is 7.26 Å². The van der Waals surface area contributed by atoms with Crippen LogP contribution in [0.5, 0.6) is 0 Å². The summed E-state index contributed by atoms with van der Waals surface area (Å²) in [5, 5.41) is 4.41. The highest BCUT2D eigenvalue weighted by atomic mass is 31.2. The number of rotatable bonds is 10. The first kappa shape index (κ1) is 27.1. The molecule has 0 aliphatic carbocycles. The third-order valence-electron chi connectivity index (χ3n) is 8.41. The van der Waals surface area contributed by atoms with Crippen LogP contribution < -0.4 is 32.3 Å². The molecule has 0 bridgehead atoms. The highest BCUT2D eigenvalue weighted by Gasteiger charge is 2.44. The SMILES string of the molecule is Nc1ccc2c(c1)CN(CCCCCC[P+](c1ccccc1)(c1ccccc1)c1ccccc1)c1cc(N)ccc1-2. The highest BCUT2D eigenvalue weighted by Crippen LogP contribution is 2.56. The Balaban J connectivity index is 1.17. The van der Waals surface area contributed by atoms with Crippen LogP contribution in [0, 0.1) is 0 Å². The molecule has 0 amide bonds. The molecule has 6 rings (SSSR count). The maximum absolute atomic E-state index is 6.22. The van der Waals surface area contributed by atoms with E-state index in [4.69, 9.17) is 11.5 Å². The Morgan fingerprint density at radius 3 is 1.63 bits per heavy atom. The standard InChI is InChI=1S/C37H39N3P/c38-30-20-22-35-29(26-30)28-40(37-27-31(39)21-23-36(35)37)24-12-1-2-13-25-41(32-14-6-3-7-15-32,33-16-8-4-9-17-33)34-18-10-5-11-19-34/h3-11,14-23,26-27H,1-2,12-13,24-25,28,38-39H2/q+1. The van der Waals surface area contributed by atoms with Crippen molar-refractivity contribution in [3.63, 3.8) is 0 Å². The lowest BCUT2D eigenvalue weighted by atomic mass is 9.92. The van der Waals surface area contributed by atoms with Gasteiger partial charge < -0.3 is 16.4 Å². The molecule has 1 aliphatic heterocycles. The van der Waals surface area contributed by atoms with Crippen molar-refractivity contribution in [2.24, 2.45) is 0 Å². The molecule has 206 valence electrons. The quantitative estimate of drug-likeness (QED) is 0.107. The second kappa shape index (κ2) is 12.2. The number of anilines is 3. The summed E-state index contributed by atoms with van der Waals surface area (Å²) >= 11 is 0. The minimum atomic E-state index is -1.75. The molecular weight excluding hydrogens is 517 g/mol. The van der Waals surface area contributed by atoms with Crippen LogP contribution in [0.25, 0.3) is 11.1 Å². The number of benzene rings is 5. The Morgan fingerprint density at radius 1 is 0.537 bits per heavy atom. The molecule has 1 heterocycles. The number of nitrogens with two attached hydrogens (primary N) is 2. The molecule has 5 aromatic rings. The van der Waals surface area contributed by atoms with E-state index in [2.05, 4.69) is 120 Å². The summed E-state index contributed by atoms with van der Waals surface area (Å²) in [5.74, 6) is 0. The van der Waals surface area contributed by atoms with Gasteiger partial charge in [-0.2, -0.15) is 0 Å². The summed E-state index contributed by atoms with van der Waals surface area (Å²) in [4.78, 5) is 2.49. The molecular formula is C37H39N3P+. The Hall–Kier alpha value is -4.07. The predicted molar refractivity (Wildman–Crippen MR) is 180 cm³/mol. The maximum atomic E-state index is 6.22. The van der Waals surface area contributed by atoms with Crippen LogP contribution in [0.15, 0.2) is 127 Å². The van der Waals surface area contributed by atoms with E-state index in [1.807, 2.05) is 12.1 Å². The van der Waals surface area contributed by atoms with Gasteiger partial charge in [0.2, 0.25) is 0 Å². The van der Waals surface area contributed by atoms with Gasteiger partial charge in [-0.1, -0.05) is 73.2 Å². The van der Waals surface area contributed by atoms with Crippen molar-refractivity contribution in [2.75, 3.05) is 29.1 Å². The van der Waals surface area contributed by atoms with Crippen LogP contribution >= 0.6 is 7.26 Å². The van der Waals surface area contributed by atoms with E-state index in [1.165, 1.54) is 63.7 Å². The maximum Gasteiger partial charge on any atom is 0.112 e.